The van der Waals surface area contributed by atoms with E-state index >= 15 is 0 Å². The second kappa shape index (κ2) is 7.71. The summed E-state index contributed by atoms with van der Waals surface area (Å²) >= 11 is 0. The summed E-state index contributed by atoms with van der Waals surface area (Å²) in [5, 5.41) is 4.37. The van der Waals surface area contributed by atoms with Crippen molar-refractivity contribution in [3.63, 3.8) is 0 Å². The lowest BCUT2D eigenvalue weighted by molar-refractivity contribution is 0.100. The van der Waals surface area contributed by atoms with Gasteiger partial charge < -0.3 is 14.5 Å². The molecule has 1 aliphatic heterocycles. The molecule has 4 aromatic rings. The molecule has 0 saturated heterocycles. The molecule has 3 heterocycles. The first-order valence-corrected chi connectivity index (χ1v) is 9.48. The minimum Gasteiger partial charge on any atom is -0.489 e. The Morgan fingerprint density at radius 3 is 2.90 bits per heavy atom. The number of ether oxygens (including phenoxy) is 2. The second-order valence-corrected chi connectivity index (χ2v) is 6.87. The molecular formula is C23H18N4O3. The van der Waals surface area contributed by atoms with Crippen molar-refractivity contribution in [1.82, 2.24) is 19.7 Å². The maximum absolute atomic E-state index is 12.7. The number of H-pyrrole nitrogens is 1. The molecule has 0 atom stereocenters. The van der Waals surface area contributed by atoms with Crippen molar-refractivity contribution in [1.29, 1.82) is 0 Å². The molecule has 5 rings (SSSR count). The highest BCUT2D eigenvalue weighted by Crippen LogP contribution is 2.31. The predicted octanol–water partition coefficient (Wildman–Crippen LogP) is 3.83. The van der Waals surface area contributed by atoms with Gasteiger partial charge in [-0.2, -0.15) is 5.10 Å². The molecule has 1 aliphatic rings. The summed E-state index contributed by atoms with van der Waals surface area (Å²) in [5.74, 6) is 1.11. The van der Waals surface area contributed by atoms with Crippen LogP contribution >= 0.6 is 0 Å². The van der Waals surface area contributed by atoms with Crippen LogP contribution in [0, 0.1) is 0 Å². The van der Waals surface area contributed by atoms with Gasteiger partial charge in [-0.15, -0.1) is 0 Å². The van der Waals surface area contributed by atoms with Crippen LogP contribution in [0.15, 0.2) is 79.0 Å². The van der Waals surface area contributed by atoms with Gasteiger partial charge in [-0.05, 0) is 30.3 Å². The maximum atomic E-state index is 12.7. The summed E-state index contributed by atoms with van der Waals surface area (Å²) in [6.07, 6.45) is 8.69. The fraction of sp³-hybridized carbons (Fsp3) is 0.0870. The summed E-state index contributed by atoms with van der Waals surface area (Å²) < 4.78 is 13.5. The molecule has 0 spiro atoms. The number of fused-ring (bicyclic) bond motifs is 1. The lowest BCUT2D eigenvalue weighted by Gasteiger charge is -2.19. The average Bonchev–Trinajstić information content (AvgIpc) is 3.47. The zero-order valence-electron chi connectivity index (χ0n) is 16.0. The van der Waals surface area contributed by atoms with Gasteiger partial charge in [0.2, 0.25) is 0 Å². The van der Waals surface area contributed by atoms with E-state index in [1.165, 1.54) is 0 Å². The third kappa shape index (κ3) is 3.60. The van der Waals surface area contributed by atoms with E-state index in [1.54, 1.807) is 47.7 Å². The van der Waals surface area contributed by atoms with Crippen molar-refractivity contribution >= 4 is 11.9 Å². The Labute approximate surface area is 172 Å². The predicted molar refractivity (Wildman–Crippen MR) is 111 cm³/mol. The normalized spacial score (nSPS) is 14.4. The number of carbonyl (C=O) groups excluding carboxylic acids is 1. The lowest BCUT2D eigenvalue weighted by Crippen LogP contribution is -2.19. The van der Waals surface area contributed by atoms with E-state index in [9.17, 15) is 4.79 Å². The summed E-state index contributed by atoms with van der Waals surface area (Å²) in [4.78, 5) is 19.7. The molecule has 2 aromatic heterocycles. The van der Waals surface area contributed by atoms with Crippen LogP contribution in [0.25, 0.3) is 11.8 Å². The van der Waals surface area contributed by atoms with Crippen molar-refractivity contribution in [3.8, 4) is 17.2 Å². The van der Waals surface area contributed by atoms with Gasteiger partial charge >= 0.3 is 0 Å². The molecule has 0 amide bonds. The first kappa shape index (κ1) is 17.9. The minimum absolute atomic E-state index is 0.0541. The van der Waals surface area contributed by atoms with E-state index in [-0.39, 0.29) is 12.4 Å². The van der Waals surface area contributed by atoms with Crippen molar-refractivity contribution in [2.24, 2.45) is 0 Å². The van der Waals surface area contributed by atoms with Gasteiger partial charge in [0.05, 0.1) is 35.7 Å². The van der Waals surface area contributed by atoms with E-state index in [2.05, 4.69) is 15.1 Å². The van der Waals surface area contributed by atoms with Crippen LogP contribution in [0.3, 0.4) is 0 Å². The van der Waals surface area contributed by atoms with Crippen molar-refractivity contribution in [2.75, 3.05) is 6.61 Å². The first-order chi connectivity index (χ1) is 14.8. The van der Waals surface area contributed by atoms with Crippen LogP contribution in [0.2, 0.25) is 0 Å². The highest BCUT2D eigenvalue weighted by molar-refractivity contribution is 6.14. The molecule has 0 fully saturated rings. The zero-order chi connectivity index (χ0) is 20.3. The van der Waals surface area contributed by atoms with E-state index < -0.39 is 0 Å². The van der Waals surface area contributed by atoms with Gasteiger partial charge in [0.25, 0.3) is 0 Å². The number of benzene rings is 2. The van der Waals surface area contributed by atoms with Crippen LogP contribution in [0.1, 0.15) is 21.6 Å². The van der Waals surface area contributed by atoms with Crippen molar-refractivity contribution in [3.05, 3.63) is 95.8 Å². The topological polar surface area (TPSA) is 82.0 Å². The molecule has 30 heavy (non-hydrogen) atoms. The molecule has 0 bridgehead atoms. The maximum Gasteiger partial charge on any atom is 0.196 e. The van der Waals surface area contributed by atoms with Crippen LogP contribution < -0.4 is 9.47 Å². The number of imidazole rings is 1. The van der Waals surface area contributed by atoms with Crippen molar-refractivity contribution in [2.45, 2.75) is 6.61 Å². The van der Waals surface area contributed by atoms with E-state index in [4.69, 9.17) is 9.47 Å². The molecule has 0 radical (unpaired) electrons. The molecule has 0 saturated carbocycles. The molecule has 148 valence electrons. The Morgan fingerprint density at radius 1 is 1.17 bits per heavy atom. The molecule has 0 aliphatic carbocycles. The Kier molecular flexibility index (Phi) is 4.61. The quantitative estimate of drug-likeness (QED) is 0.517. The largest absolute Gasteiger partial charge is 0.489 e. The summed E-state index contributed by atoms with van der Waals surface area (Å²) in [6.45, 7) is 0.572. The number of aromatic amines is 1. The van der Waals surface area contributed by atoms with Gasteiger partial charge in [-0.3, -0.25) is 4.79 Å². The fourth-order valence-corrected chi connectivity index (χ4v) is 3.26. The number of Topliss-reactive ketones (excluding diaryl/α,β-unsaturated/α-hetero) is 1. The number of carbonyl (C=O) groups is 1. The third-order valence-corrected chi connectivity index (χ3v) is 4.78. The molecule has 7 heteroatoms. The van der Waals surface area contributed by atoms with Crippen LogP contribution in [0.4, 0.5) is 0 Å². The monoisotopic (exact) mass is 398 g/mol. The third-order valence-electron chi connectivity index (χ3n) is 4.78. The van der Waals surface area contributed by atoms with E-state index in [0.29, 0.717) is 29.2 Å². The van der Waals surface area contributed by atoms with Crippen LogP contribution in [-0.4, -0.2) is 32.1 Å². The number of aromatic nitrogens is 4. The number of ketones is 1. The summed E-state index contributed by atoms with van der Waals surface area (Å²) in [5.41, 5.74) is 3.80. The molecular weight excluding hydrogens is 380 g/mol. The standard InChI is InChI=1S/C23H18N4O3/c28-23-17(8-18-11-24-15-25-18)14-30-22-9-20(6-7-21(22)23)29-13-16-10-26-27(12-16)19-4-2-1-3-5-19/h1-12,15H,13-14H2,(H,24,25). The van der Waals surface area contributed by atoms with Gasteiger partial charge in [-0.1, -0.05) is 18.2 Å². The molecule has 0 unspecified atom stereocenters. The fourth-order valence-electron chi connectivity index (χ4n) is 3.26. The highest BCUT2D eigenvalue weighted by atomic mass is 16.5. The number of nitrogens with one attached hydrogen (secondary N) is 1. The van der Waals surface area contributed by atoms with Gasteiger partial charge in [0.1, 0.15) is 24.7 Å². The Hall–Kier alpha value is -4.13. The Morgan fingerprint density at radius 2 is 2.07 bits per heavy atom. The number of hydrogen-bond donors (Lipinski definition) is 1. The molecule has 7 nitrogen and oxygen atoms in total. The molecule has 2 aromatic carbocycles. The SMILES string of the molecule is O=C1C(=Cc2cnc[nH]2)COc2cc(OCc3cnn(-c4ccccc4)c3)ccc21. The zero-order valence-corrected chi connectivity index (χ0v) is 16.0. The van der Waals surface area contributed by atoms with Crippen LogP contribution in [-0.2, 0) is 6.61 Å². The number of para-hydroxylation sites is 1. The highest BCUT2D eigenvalue weighted by Gasteiger charge is 2.24. The van der Waals surface area contributed by atoms with Gasteiger partial charge in [-0.25, -0.2) is 9.67 Å². The van der Waals surface area contributed by atoms with Gasteiger partial charge in [0, 0.05) is 23.4 Å². The van der Waals surface area contributed by atoms with Gasteiger partial charge in [0.15, 0.2) is 5.78 Å². The second-order valence-electron chi connectivity index (χ2n) is 6.87. The summed E-state index contributed by atoms with van der Waals surface area (Å²) in [6, 6.07) is 15.2. The van der Waals surface area contributed by atoms with E-state index in [0.717, 1.165) is 16.9 Å². The smallest absolute Gasteiger partial charge is 0.196 e. The summed E-state index contributed by atoms with van der Waals surface area (Å²) in [7, 11) is 0. The number of nitrogens with zero attached hydrogens (tertiary/aromatic N) is 3. The number of rotatable bonds is 5. The first-order valence-electron chi connectivity index (χ1n) is 9.48. The minimum atomic E-state index is -0.0541. The Balaban J connectivity index is 1.28. The van der Waals surface area contributed by atoms with Crippen molar-refractivity contribution < 1.29 is 14.3 Å². The van der Waals surface area contributed by atoms with E-state index in [1.807, 2.05) is 36.5 Å². The molecule has 1 N–H and O–H groups in total. The lowest BCUT2D eigenvalue weighted by atomic mass is 9.99. The average molecular weight is 398 g/mol. The Bertz CT molecular complexity index is 1210. The van der Waals surface area contributed by atoms with Crippen LogP contribution in [0.5, 0.6) is 11.5 Å². The number of hydrogen-bond acceptors (Lipinski definition) is 5.